The van der Waals surface area contributed by atoms with Gasteiger partial charge in [-0.1, -0.05) is 13.3 Å². The summed E-state index contributed by atoms with van der Waals surface area (Å²) in [5.41, 5.74) is 1.55. The minimum atomic E-state index is 0.470. The first kappa shape index (κ1) is 13.4. The molecular weight excluding hydrogens is 224 g/mol. The van der Waals surface area contributed by atoms with Gasteiger partial charge in [0.15, 0.2) is 0 Å². The Labute approximate surface area is 110 Å². The quantitative estimate of drug-likeness (QED) is 0.842. The predicted molar refractivity (Wildman–Crippen MR) is 75.9 cm³/mol. The zero-order valence-electron chi connectivity index (χ0n) is 11.9. The van der Waals surface area contributed by atoms with Crippen LogP contribution in [0.3, 0.4) is 0 Å². The van der Waals surface area contributed by atoms with Gasteiger partial charge in [0, 0.05) is 19.7 Å². The minimum Gasteiger partial charge on any atom is -0.370 e. The Hall–Kier alpha value is -1.03. The Balaban J connectivity index is 1.99. The van der Waals surface area contributed by atoms with E-state index in [1.807, 2.05) is 18.7 Å². The summed E-state index contributed by atoms with van der Waals surface area (Å²) >= 11 is 0. The van der Waals surface area contributed by atoms with Gasteiger partial charge in [0.2, 0.25) is 0 Å². The van der Waals surface area contributed by atoms with Gasteiger partial charge < -0.3 is 10.6 Å². The highest BCUT2D eigenvalue weighted by molar-refractivity contribution is 5.36. The van der Waals surface area contributed by atoms with Crippen LogP contribution in [0.2, 0.25) is 0 Å². The van der Waals surface area contributed by atoms with Gasteiger partial charge in [-0.05, 0) is 44.7 Å². The lowest BCUT2D eigenvalue weighted by atomic mass is 9.75. The van der Waals surface area contributed by atoms with Crippen LogP contribution in [-0.2, 0) is 7.05 Å². The minimum absolute atomic E-state index is 0.470. The van der Waals surface area contributed by atoms with Crippen LogP contribution in [0.4, 0.5) is 5.82 Å². The molecule has 2 N–H and O–H groups in total. The fraction of sp³-hybridized carbons (Fsp3) is 0.786. The standard InChI is InChI=1S/C14H26N4/c1-4-5-14(6-8-15-9-7-14)11-16-13-10-12(2)17-18(13)3/h10,15-16H,4-9,11H2,1-3H3. The molecule has 0 unspecified atom stereocenters. The van der Waals surface area contributed by atoms with E-state index in [-0.39, 0.29) is 0 Å². The van der Waals surface area contributed by atoms with Gasteiger partial charge in [-0.2, -0.15) is 5.10 Å². The number of anilines is 1. The maximum absolute atomic E-state index is 4.39. The number of hydrogen-bond donors (Lipinski definition) is 2. The van der Waals surface area contributed by atoms with Gasteiger partial charge in [-0.15, -0.1) is 0 Å². The Morgan fingerprint density at radius 1 is 1.44 bits per heavy atom. The topological polar surface area (TPSA) is 41.9 Å². The molecule has 1 aliphatic heterocycles. The van der Waals surface area contributed by atoms with Gasteiger partial charge in [0.1, 0.15) is 5.82 Å². The van der Waals surface area contributed by atoms with Gasteiger partial charge >= 0.3 is 0 Å². The molecule has 0 saturated carbocycles. The zero-order chi connectivity index (χ0) is 13.0. The Bertz CT molecular complexity index is 372. The first-order chi connectivity index (χ1) is 8.65. The second kappa shape index (κ2) is 5.74. The fourth-order valence-electron chi connectivity index (χ4n) is 3.06. The Morgan fingerprint density at radius 2 is 2.17 bits per heavy atom. The smallest absolute Gasteiger partial charge is 0.124 e. The van der Waals surface area contributed by atoms with Crippen LogP contribution < -0.4 is 10.6 Å². The molecule has 18 heavy (non-hydrogen) atoms. The monoisotopic (exact) mass is 250 g/mol. The molecule has 0 spiro atoms. The molecular formula is C14H26N4. The molecule has 4 nitrogen and oxygen atoms in total. The van der Waals surface area contributed by atoms with Crippen molar-refractivity contribution in [1.29, 1.82) is 0 Å². The lowest BCUT2D eigenvalue weighted by molar-refractivity contribution is 0.199. The highest BCUT2D eigenvalue weighted by atomic mass is 15.3. The SMILES string of the molecule is CCCC1(CNc2cc(C)nn2C)CCNCC1. The van der Waals surface area contributed by atoms with Crippen molar-refractivity contribution < 1.29 is 0 Å². The van der Waals surface area contributed by atoms with Crippen molar-refractivity contribution in [3.63, 3.8) is 0 Å². The van der Waals surface area contributed by atoms with E-state index in [1.165, 1.54) is 25.7 Å². The van der Waals surface area contributed by atoms with Crippen LogP contribution >= 0.6 is 0 Å². The van der Waals surface area contributed by atoms with E-state index in [2.05, 4.69) is 28.7 Å². The molecule has 1 saturated heterocycles. The first-order valence-electron chi connectivity index (χ1n) is 7.10. The van der Waals surface area contributed by atoms with Crippen molar-refractivity contribution in [3.8, 4) is 0 Å². The number of rotatable bonds is 5. The molecule has 0 bridgehead atoms. The van der Waals surface area contributed by atoms with E-state index in [0.717, 1.165) is 31.1 Å². The maximum atomic E-state index is 4.39. The maximum Gasteiger partial charge on any atom is 0.124 e. The van der Waals surface area contributed by atoms with Crippen molar-refractivity contribution in [2.75, 3.05) is 25.0 Å². The summed E-state index contributed by atoms with van der Waals surface area (Å²) < 4.78 is 1.94. The molecule has 1 aromatic rings. The van der Waals surface area contributed by atoms with Gasteiger partial charge in [0.05, 0.1) is 5.69 Å². The molecule has 0 atom stereocenters. The van der Waals surface area contributed by atoms with Gasteiger partial charge in [0.25, 0.3) is 0 Å². The van der Waals surface area contributed by atoms with E-state index in [1.54, 1.807) is 0 Å². The molecule has 2 heterocycles. The molecule has 1 aliphatic rings. The second-order valence-electron chi connectivity index (χ2n) is 5.65. The Morgan fingerprint density at radius 3 is 2.72 bits per heavy atom. The molecule has 0 aromatic carbocycles. The van der Waals surface area contributed by atoms with Gasteiger partial charge in [-0.25, -0.2) is 0 Å². The van der Waals surface area contributed by atoms with Crippen LogP contribution in [0, 0.1) is 12.3 Å². The summed E-state index contributed by atoms with van der Waals surface area (Å²) in [7, 11) is 2.00. The third-order valence-electron chi connectivity index (χ3n) is 4.09. The van der Waals surface area contributed by atoms with Crippen molar-refractivity contribution in [1.82, 2.24) is 15.1 Å². The van der Waals surface area contributed by atoms with Crippen molar-refractivity contribution in [2.24, 2.45) is 12.5 Å². The van der Waals surface area contributed by atoms with Crippen LogP contribution in [0.1, 0.15) is 38.3 Å². The summed E-state index contributed by atoms with van der Waals surface area (Å²) in [4.78, 5) is 0. The highest BCUT2D eigenvalue weighted by Gasteiger charge is 2.30. The van der Waals surface area contributed by atoms with E-state index in [9.17, 15) is 0 Å². The number of aromatic nitrogens is 2. The van der Waals surface area contributed by atoms with Crippen LogP contribution in [0.25, 0.3) is 0 Å². The molecule has 0 aliphatic carbocycles. The molecule has 0 radical (unpaired) electrons. The Kier molecular flexibility index (Phi) is 4.27. The first-order valence-corrected chi connectivity index (χ1v) is 7.10. The number of hydrogen-bond acceptors (Lipinski definition) is 3. The molecule has 102 valence electrons. The number of nitrogens with one attached hydrogen (secondary N) is 2. The van der Waals surface area contributed by atoms with Crippen molar-refractivity contribution in [3.05, 3.63) is 11.8 Å². The third-order valence-corrected chi connectivity index (χ3v) is 4.09. The fourth-order valence-corrected chi connectivity index (χ4v) is 3.06. The average molecular weight is 250 g/mol. The van der Waals surface area contributed by atoms with Crippen LogP contribution in [-0.4, -0.2) is 29.4 Å². The summed E-state index contributed by atoms with van der Waals surface area (Å²) in [6.45, 7) is 7.72. The highest BCUT2D eigenvalue weighted by Crippen LogP contribution is 2.34. The molecule has 2 rings (SSSR count). The predicted octanol–water partition coefficient (Wildman–Crippen LogP) is 2.31. The summed E-state index contributed by atoms with van der Waals surface area (Å²) in [6, 6.07) is 2.13. The molecule has 4 heteroatoms. The van der Waals surface area contributed by atoms with Crippen molar-refractivity contribution in [2.45, 2.75) is 39.5 Å². The number of aryl methyl sites for hydroxylation is 2. The van der Waals surface area contributed by atoms with Crippen LogP contribution in [0.5, 0.6) is 0 Å². The van der Waals surface area contributed by atoms with E-state index >= 15 is 0 Å². The lowest BCUT2D eigenvalue weighted by Crippen LogP contribution is -2.41. The second-order valence-corrected chi connectivity index (χ2v) is 5.65. The third kappa shape index (κ3) is 3.05. The summed E-state index contributed by atoms with van der Waals surface area (Å²) in [5.74, 6) is 1.14. The normalized spacial score (nSPS) is 18.8. The van der Waals surface area contributed by atoms with Crippen molar-refractivity contribution >= 4 is 5.82 Å². The number of nitrogens with zero attached hydrogens (tertiary/aromatic N) is 2. The summed E-state index contributed by atoms with van der Waals surface area (Å²) in [6.07, 6.45) is 5.15. The lowest BCUT2D eigenvalue weighted by Gasteiger charge is -2.38. The van der Waals surface area contributed by atoms with Crippen LogP contribution in [0.15, 0.2) is 6.07 Å². The largest absolute Gasteiger partial charge is 0.370 e. The molecule has 1 fully saturated rings. The van der Waals surface area contributed by atoms with Gasteiger partial charge in [-0.3, -0.25) is 4.68 Å². The zero-order valence-corrected chi connectivity index (χ0v) is 11.9. The molecule has 0 amide bonds. The summed E-state index contributed by atoms with van der Waals surface area (Å²) in [5, 5.41) is 11.5. The van der Waals surface area contributed by atoms with E-state index in [0.29, 0.717) is 5.41 Å². The number of piperidine rings is 1. The molecule has 1 aromatic heterocycles. The average Bonchev–Trinajstić information content (AvgIpc) is 2.67. The van der Waals surface area contributed by atoms with E-state index in [4.69, 9.17) is 0 Å². The van der Waals surface area contributed by atoms with E-state index < -0.39 is 0 Å².